The number of nitrogens with one attached hydrogen (secondary N) is 1. The Kier molecular flexibility index (Phi) is 4.34. The molecule has 2 atom stereocenters. The Bertz CT molecular complexity index is 482. The van der Waals surface area contributed by atoms with E-state index in [4.69, 9.17) is 4.74 Å². The van der Waals surface area contributed by atoms with Crippen LogP contribution in [0.2, 0.25) is 0 Å². The molecule has 0 spiro atoms. The van der Waals surface area contributed by atoms with Crippen LogP contribution in [0.25, 0.3) is 0 Å². The van der Waals surface area contributed by atoms with E-state index in [-0.39, 0.29) is 0 Å². The van der Waals surface area contributed by atoms with Crippen LogP contribution < -0.4 is 10.2 Å². The average Bonchev–Trinajstić information content (AvgIpc) is 2.86. The van der Waals surface area contributed by atoms with Crippen molar-refractivity contribution in [1.29, 1.82) is 0 Å². The second-order valence-electron chi connectivity index (χ2n) is 6.02. The first-order valence-corrected chi connectivity index (χ1v) is 8.40. The van der Waals surface area contributed by atoms with Crippen LogP contribution >= 0.6 is 15.9 Å². The van der Waals surface area contributed by atoms with E-state index in [2.05, 4.69) is 52.3 Å². The summed E-state index contributed by atoms with van der Waals surface area (Å²) < 4.78 is 6.95. The molecule has 110 valence electrons. The van der Waals surface area contributed by atoms with E-state index in [0.29, 0.717) is 12.1 Å². The number of hydrazine groups is 1. The van der Waals surface area contributed by atoms with Gasteiger partial charge < -0.3 is 4.74 Å². The van der Waals surface area contributed by atoms with Gasteiger partial charge in [-0.05, 0) is 44.4 Å². The fraction of sp³-hybridized carbons (Fsp3) is 0.625. The van der Waals surface area contributed by atoms with Gasteiger partial charge in [-0.3, -0.25) is 5.43 Å². The largest absolute Gasteiger partial charge is 0.493 e. The smallest absolute Gasteiger partial charge is 0.127 e. The van der Waals surface area contributed by atoms with Crippen molar-refractivity contribution < 1.29 is 4.74 Å². The van der Waals surface area contributed by atoms with Crippen LogP contribution in [0, 0.1) is 0 Å². The molecule has 1 aromatic rings. The highest BCUT2D eigenvalue weighted by atomic mass is 79.9. The van der Waals surface area contributed by atoms with E-state index >= 15 is 0 Å². The number of piperidine rings is 1. The van der Waals surface area contributed by atoms with E-state index in [1.807, 2.05) is 0 Å². The SMILES string of the molecule is CC1CCCC(C)N1NCc1cc(Br)cc2c1OCC2. The molecule has 2 aliphatic heterocycles. The monoisotopic (exact) mass is 338 g/mol. The van der Waals surface area contributed by atoms with Gasteiger partial charge in [0.05, 0.1) is 6.61 Å². The molecule has 0 amide bonds. The maximum absolute atomic E-state index is 5.80. The van der Waals surface area contributed by atoms with Crippen molar-refractivity contribution in [2.45, 2.75) is 58.2 Å². The predicted octanol–water partition coefficient (Wildman–Crippen LogP) is 3.65. The molecule has 1 aromatic carbocycles. The Morgan fingerprint density at radius 3 is 2.80 bits per heavy atom. The molecule has 0 bridgehead atoms. The van der Waals surface area contributed by atoms with E-state index < -0.39 is 0 Å². The molecular formula is C16H23BrN2O. The van der Waals surface area contributed by atoms with Crippen molar-refractivity contribution >= 4 is 15.9 Å². The van der Waals surface area contributed by atoms with Gasteiger partial charge in [0.15, 0.2) is 0 Å². The van der Waals surface area contributed by atoms with Crippen LogP contribution in [-0.2, 0) is 13.0 Å². The Labute approximate surface area is 129 Å². The summed E-state index contributed by atoms with van der Waals surface area (Å²) in [6, 6.07) is 5.58. The number of hydrogen-bond donors (Lipinski definition) is 1. The minimum absolute atomic E-state index is 0.611. The molecule has 3 nitrogen and oxygen atoms in total. The van der Waals surface area contributed by atoms with E-state index in [9.17, 15) is 0 Å². The number of benzene rings is 1. The van der Waals surface area contributed by atoms with Crippen LogP contribution in [0.1, 0.15) is 44.2 Å². The zero-order chi connectivity index (χ0) is 14.1. The van der Waals surface area contributed by atoms with Crippen LogP contribution in [0.3, 0.4) is 0 Å². The lowest BCUT2D eigenvalue weighted by Gasteiger charge is -2.39. The minimum Gasteiger partial charge on any atom is -0.493 e. The summed E-state index contributed by atoms with van der Waals surface area (Å²) in [7, 11) is 0. The molecule has 4 heteroatoms. The van der Waals surface area contributed by atoms with Crippen LogP contribution in [0.5, 0.6) is 5.75 Å². The summed E-state index contributed by atoms with van der Waals surface area (Å²) in [5.41, 5.74) is 6.22. The van der Waals surface area contributed by atoms with Crippen molar-refractivity contribution in [3.63, 3.8) is 0 Å². The van der Waals surface area contributed by atoms with Crippen molar-refractivity contribution in [2.24, 2.45) is 0 Å². The molecule has 1 fully saturated rings. The quantitative estimate of drug-likeness (QED) is 0.910. The molecule has 2 aliphatic rings. The standard InChI is InChI=1S/C16H23BrN2O/c1-11-4-3-5-12(2)19(11)18-10-14-9-15(17)8-13-6-7-20-16(13)14/h8-9,11-12,18H,3-7,10H2,1-2H3. The fourth-order valence-corrected chi connectivity index (χ4v) is 3.94. The van der Waals surface area contributed by atoms with Crippen LogP contribution in [-0.4, -0.2) is 23.7 Å². The van der Waals surface area contributed by atoms with Gasteiger partial charge in [0.25, 0.3) is 0 Å². The minimum atomic E-state index is 0.611. The van der Waals surface area contributed by atoms with Gasteiger partial charge in [-0.15, -0.1) is 0 Å². The number of halogens is 1. The summed E-state index contributed by atoms with van der Waals surface area (Å²) in [5.74, 6) is 1.10. The fourth-order valence-electron chi connectivity index (χ4n) is 3.39. The maximum atomic E-state index is 5.80. The molecule has 20 heavy (non-hydrogen) atoms. The van der Waals surface area contributed by atoms with Gasteiger partial charge in [-0.2, -0.15) is 0 Å². The predicted molar refractivity (Wildman–Crippen MR) is 84.8 cm³/mol. The average molecular weight is 339 g/mol. The Balaban J connectivity index is 1.72. The Hall–Kier alpha value is -0.580. The van der Waals surface area contributed by atoms with E-state index in [1.54, 1.807) is 0 Å². The molecule has 0 aliphatic carbocycles. The molecule has 2 unspecified atom stereocenters. The molecule has 0 aromatic heterocycles. The second kappa shape index (κ2) is 6.04. The first kappa shape index (κ1) is 14.4. The number of fused-ring (bicyclic) bond motifs is 1. The first-order valence-electron chi connectivity index (χ1n) is 7.61. The Morgan fingerprint density at radius 2 is 2.05 bits per heavy atom. The highest BCUT2D eigenvalue weighted by Crippen LogP contribution is 2.33. The summed E-state index contributed by atoms with van der Waals surface area (Å²) in [4.78, 5) is 0. The zero-order valence-electron chi connectivity index (χ0n) is 12.3. The van der Waals surface area contributed by atoms with Gasteiger partial charge in [-0.1, -0.05) is 22.4 Å². The lowest BCUT2D eigenvalue weighted by molar-refractivity contribution is 0.0433. The topological polar surface area (TPSA) is 24.5 Å². The van der Waals surface area contributed by atoms with Gasteiger partial charge in [0, 0.05) is 35.1 Å². The lowest BCUT2D eigenvalue weighted by atomic mass is 10.00. The number of ether oxygens (including phenoxy) is 1. The summed E-state index contributed by atoms with van der Waals surface area (Å²) >= 11 is 3.61. The zero-order valence-corrected chi connectivity index (χ0v) is 13.9. The molecule has 3 rings (SSSR count). The third-order valence-corrected chi connectivity index (χ3v) is 4.93. The van der Waals surface area contributed by atoms with Crippen molar-refractivity contribution in [3.8, 4) is 5.75 Å². The van der Waals surface area contributed by atoms with Crippen LogP contribution in [0.4, 0.5) is 0 Å². The van der Waals surface area contributed by atoms with Crippen molar-refractivity contribution in [3.05, 3.63) is 27.7 Å². The molecular weight excluding hydrogens is 316 g/mol. The summed E-state index contributed by atoms with van der Waals surface area (Å²) in [5, 5.41) is 2.42. The highest BCUT2D eigenvalue weighted by molar-refractivity contribution is 9.10. The number of rotatable bonds is 3. The maximum Gasteiger partial charge on any atom is 0.127 e. The number of nitrogens with zero attached hydrogens (tertiary/aromatic N) is 1. The normalized spacial score (nSPS) is 26.4. The summed E-state index contributed by atoms with van der Waals surface area (Å²) in [6.45, 7) is 6.28. The van der Waals surface area contributed by atoms with Gasteiger partial charge in [-0.25, -0.2) is 5.01 Å². The van der Waals surface area contributed by atoms with Gasteiger partial charge >= 0.3 is 0 Å². The molecule has 2 heterocycles. The highest BCUT2D eigenvalue weighted by Gasteiger charge is 2.25. The third kappa shape index (κ3) is 2.87. The number of hydrogen-bond acceptors (Lipinski definition) is 3. The lowest BCUT2D eigenvalue weighted by Crippen LogP contribution is -2.51. The summed E-state index contributed by atoms with van der Waals surface area (Å²) in [6.07, 6.45) is 4.93. The second-order valence-corrected chi connectivity index (χ2v) is 6.94. The van der Waals surface area contributed by atoms with Crippen LogP contribution in [0.15, 0.2) is 16.6 Å². The molecule has 0 radical (unpaired) electrons. The first-order chi connectivity index (χ1) is 9.65. The third-order valence-electron chi connectivity index (χ3n) is 4.47. The van der Waals surface area contributed by atoms with Crippen molar-refractivity contribution in [1.82, 2.24) is 10.4 Å². The van der Waals surface area contributed by atoms with Gasteiger partial charge in [0.2, 0.25) is 0 Å². The molecule has 1 saturated heterocycles. The van der Waals surface area contributed by atoms with E-state index in [1.165, 1.54) is 30.4 Å². The van der Waals surface area contributed by atoms with Crippen molar-refractivity contribution in [2.75, 3.05) is 6.61 Å². The molecule has 1 N–H and O–H groups in total. The van der Waals surface area contributed by atoms with Gasteiger partial charge in [0.1, 0.15) is 5.75 Å². The Morgan fingerprint density at radius 1 is 1.30 bits per heavy atom. The van der Waals surface area contributed by atoms with E-state index in [0.717, 1.165) is 29.8 Å². The molecule has 0 saturated carbocycles.